The van der Waals surface area contributed by atoms with E-state index in [1.807, 2.05) is 59.2 Å². The molecule has 2 aromatic heterocycles. The van der Waals surface area contributed by atoms with E-state index in [1.54, 1.807) is 37.3 Å². The normalized spacial score (nSPS) is 10.5. The summed E-state index contributed by atoms with van der Waals surface area (Å²) in [6, 6.07) is 21.4. The van der Waals surface area contributed by atoms with Crippen molar-refractivity contribution < 1.29 is 4.74 Å². The average Bonchev–Trinajstić information content (AvgIpc) is 3.22. The summed E-state index contributed by atoms with van der Waals surface area (Å²) < 4.78 is 7.30. The first-order chi connectivity index (χ1) is 14.3. The lowest BCUT2D eigenvalue weighted by atomic mass is 10.2. The molecule has 0 saturated heterocycles. The molecular formula is C22H17N5OS. The summed E-state index contributed by atoms with van der Waals surface area (Å²) in [6.45, 7) is 0. The Morgan fingerprint density at radius 1 is 1.03 bits per heavy atom. The van der Waals surface area contributed by atoms with Gasteiger partial charge in [0.15, 0.2) is 11.0 Å². The van der Waals surface area contributed by atoms with E-state index in [4.69, 9.17) is 10.00 Å². The van der Waals surface area contributed by atoms with Crippen molar-refractivity contribution in [3.8, 4) is 28.9 Å². The largest absolute Gasteiger partial charge is 0.497 e. The molecule has 6 nitrogen and oxygen atoms in total. The number of methoxy groups -OCH3 is 1. The molecule has 0 aliphatic rings. The predicted octanol–water partition coefficient (Wildman–Crippen LogP) is 4.50. The maximum absolute atomic E-state index is 9.11. The number of ether oxygens (including phenoxy) is 1. The molecule has 0 aliphatic carbocycles. The van der Waals surface area contributed by atoms with Gasteiger partial charge in [0.1, 0.15) is 5.75 Å². The zero-order chi connectivity index (χ0) is 20.1. The number of benzene rings is 2. The Morgan fingerprint density at radius 3 is 2.55 bits per heavy atom. The number of hydrogen-bond donors (Lipinski definition) is 0. The monoisotopic (exact) mass is 399 g/mol. The Labute approximate surface area is 172 Å². The minimum atomic E-state index is 0.650. The second-order valence-corrected chi connectivity index (χ2v) is 7.12. The first kappa shape index (κ1) is 18.7. The molecule has 0 unspecified atom stereocenters. The van der Waals surface area contributed by atoms with Crippen molar-refractivity contribution in [3.05, 3.63) is 84.2 Å². The maximum Gasteiger partial charge on any atom is 0.196 e. The van der Waals surface area contributed by atoms with Gasteiger partial charge in [-0.05, 0) is 54.1 Å². The fourth-order valence-corrected chi connectivity index (χ4v) is 3.79. The number of nitriles is 1. The third kappa shape index (κ3) is 4.13. The van der Waals surface area contributed by atoms with E-state index in [2.05, 4.69) is 21.3 Å². The first-order valence-electron chi connectivity index (χ1n) is 8.90. The predicted molar refractivity (Wildman–Crippen MR) is 112 cm³/mol. The number of hydrogen-bond acceptors (Lipinski definition) is 6. The van der Waals surface area contributed by atoms with Gasteiger partial charge in [0.2, 0.25) is 0 Å². The molecule has 2 heterocycles. The van der Waals surface area contributed by atoms with E-state index < -0.39 is 0 Å². The molecule has 0 atom stereocenters. The number of pyridine rings is 1. The molecule has 0 fully saturated rings. The highest BCUT2D eigenvalue weighted by atomic mass is 32.2. The first-order valence-corrected chi connectivity index (χ1v) is 9.89. The van der Waals surface area contributed by atoms with Crippen molar-refractivity contribution in [1.29, 1.82) is 5.26 Å². The highest BCUT2D eigenvalue weighted by molar-refractivity contribution is 7.98. The Kier molecular flexibility index (Phi) is 5.54. The highest BCUT2D eigenvalue weighted by Crippen LogP contribution is 2.30. The lowest BCUT2D eigenvalue weighted by molar-refractivity contribution is 0.414. The molecule has 4 rings (SSSR count). The molecule has 0 saturated carbocycles. The van der Waals surface area contributed by atoms with Crippen LogP contribution in [-0.4, -0.2) is 26.9 Å². The van der Waals surface area contributed by atoms with Crippen LogP contribution in [0.4, 0.5) is 0 Å². The zero-order valence-corrected chi connectivity index (χ0v) is 16.5. The topological polar surface area (TPSA) is 76.6 Å². The fourth-order valence-electron chi connectivity index (χ4n) is 2.89. The van der Waals surface area contributed by atoms with Gasteiger partial charge in [-0.15, -0.1) is 10.2 Å². The Balaban J connectivity index is 1.71. The number of aromatic nitrogens is 4. The molecule has 4 aromatic rings. The van der Waals surface area contributed by atoms with Crippen molar-refractivity contribution in [2.45, 2.75) is 10.9 Å². The summed E-state index contributed by atoms with van der Waals surface area (Å²) in [7, 11) is 1.65. The fraction of sp³-hybridized carbons (Fsp3) is 0.0909. The smallest absolute Gasteiger partial charge is 0.196 e. The standard InChI is InChI=1S/C22H17N5OS/c1-28-20-7-5-19(6-8-20)27-21(18-9-11-24-12-10-18)25-26-22(27)29-15-17-4-2-3-16(13-17)14-23/h2-13H,15H2,1H3. The van der Waals surface area contributed by atoms with Gasteiger partial charge < -0.3 is 4.74 Å². The molecule has 0 spiro atoms. The van der Waals surface area contributed by atoms with Crippen LogP contribution in [0.1, 0.15) is 11.1 Å². The van der Waals surface area contributed by atoms with Crippen LogP contribution in [0.5, 0.6) is 5.75 Å². The molecule has 29 heavy (non-hydrogen) atoms. The van der Waals surface area contributed by atoms with E-state index in [0.29, 0.717) is 11.3 Å². The number of rotatable bonds is 6. The zero-order valence-electron chi connectivity index (χ0n) is 15.7. The molecule has 2 aromatic carbocycles. The molecule has 0 bridgehead atoms. The van der Waals surface area contributed by atoms with Crippen LogP contribution in [0.3, 0.4) is 0 Å². The molecule has 0 aliphatic heterocycles. The van der Waals surface area contributed by atoms with Gasteiger partial charge in [0, 0.05) is 29.4 Å². The minimum absolute atomic E-state index is 0.650. The van der Waals surface area contributed by atoms with Crippen LogP contribution < -0.4 is 4.74 Å². The quantitative estimate of drug-likeness (QED) is 0.444. The minimum Gasteiger partial charge on any atom is -0.497 e. The Morgan fingerprint density at radius 2 is 1.83 bits per heavy atom. The van der Waals surface area contributed by atoms with Gasteiger partial charge in [0.05, 0.1) is 18.7 Å². The summed E-state index contributed by atoms with van der Waals surface area (Å²) >= 11 is 1.57. The van der Waals surface area contributed by atoms with E-state index in [9.17, 15) is 0 Å². The van der Waals surface area contributed by atoms with E-state index >= 15 is 0 Å². The summed E-state index contributed by atoms with van der Waals surface area (Å²) in [4.78, 5) is 4.09. The Hall–Kier alpha value is -3.63. The summed E-state index contributed by atoms with van der Waals surface area (Å²) in [5.74, 6) is 2.21. The third-order valence-electron chi connectivity index (χ3n) is 4.33. The third-order valence-corrected chi connectivity index (χ3v) is 5.33. The lowest BCUT2D eigenvalue weighted by Gasteiger charge is -2.11. The van der Waals surface area contributed by atoms with Gasteiger partial charge in [-0.25, -0.2) is 0 Å². The second-order valence-electron chi connectivity index (χ2n) is 6.18. The van der Waals surface area contributed by atoms with Crippen molar-refractivity contribution >= 4 is 11.8 Å². The lowest BCUT2D eigenvalue weighted by Crippen LogP contribution is -2.00. The van der Waals surface area contributed by atoms with Crippen LogP contribution in [-0.2, 0) is 5.75 Å². The van der Waals surface area contributed by atoms with Gasteiger partial charge in [-0.3, -0.25) is 9.55 Å². The maximum atomic E-state index is 9.11. The van der Waals surface area contributed by atoms with Crippen LogP contribution in [0.25, 0.3) is 17.1 Å². The van der Waals surface area contributed by atoms with E-state index in [0.717, 1.165) is 33.5 Å². The molecule has 0 amide bonds. The number of nitrogens with zero attached hydrogens (tertiary/aromatic N) is 5. The van der Waals surface area contributed by atoms with Crippen LogP contribution in [0.15, 0.2) is 78.2 Å². The van der Waals surface area contributed by atoms with Crippen LogP contribution in [0, 0.1) is 11.3 Å². The highest BCUT2D eigenvalue weighted by Gasteiger charge is 2.16. The summed E-state index contributed by atoms with van der Waals surface area (Å²) in [5, 5.41) is 18.7. The van der Waals surface area contributed by atoms with Crippen molar-refractivity contribution in [3.63, 3.8) is 0 Å². The summed E-state index contributed by atoms with van der Waals surface area (Å²) in [6.07, 6.45) is 3.48. The van der Waals surface area contributed by atoms with Crippen molar-refractivity contribution in [1.82, 2.24) is 19.7 Å². The second kappa shape index (κ2) is 8.59. The van der Waals surface area contributed by atoms with Gasteiger partial charge >= 0.3 is 0 Å². The van der Waals surface area contributed by atoms with Gasteiger partial charge in [0.25, 0.3) is 0 Å². The van der Waals surface area contributed by atoms with Crippen molar-refractivity contribution in [2.24, 2.45) is 0 Å². The molecule has 7 heteroatoms. The molecule has 0 radical (unpaired) electrons. The van der Waals surface area contributed by atoms with Crippen LogP contribution in [0.2, 0.25) is 0 Å². The molecular weight excluding hydrogens is 382 g/mol. The molecule has 142 valence electrons. The van der Waals surface area contributed by atoms with E-state index in [-0.39, 0.29) is 0 Å². The van der Waals surface area contributed by atoms with Gasteiger partial charge in [-0.2, -0.15) is 5.26 Å². The van der Waals surface area contributed by atoms with E-state index in [1.165, 1.54) is 0 Å². The Bertz CT molecular complexity index is 1150. The SMILES string of the molecule is COc1ccc(-n2c(SCc3cccc(C#N)c3)nnc2-c2ccncc2)cc1. The van der Waals surface area contributed by atoms with Crippen molar-refractivity contribution in [2.75, 3.05) is 7.11 Å². The number of thioether (sulfide) groups is 1. The van der Waals surface area contributed by atoms with Gasteiger partial charge in [-0.1, -0.05) is 23.9 Å². The average molecular weight is 399 g/mol. The summed E-state index contributed by atoms with van der Waals surface area (Å²) in [5.41, 5.74) is 3.58. The van der Waals surface area contributed by atoms with Crippen LogP contribution >= 0.6 is 11.8 Å². The molecule has 0 N–H and O–H groups in total.